The Labute approximate surface area is 96.7 Å². The van der Waals surface area contributed by atoms with Gasteiger partial charge in [0.05, 0.1) is 4.47 Å². The van der Waals surface area contributed by atoms with Crippen molar-refractivity contribution in [3.05, 3.63) is 46.8 Å². The minimum atomic E-state index is 0.777. The highest BCUT2D eigenvalue weighted by Gasteiger charge is 2.02. The average Bonchev–Trinajstić information content (AvgIpc) is 2.24. The van der Waals surface area contributed by atoms with Crippen LogP contribution in [-0.4, -0.2) is 9.97 Å². The number of nitrogens with one attached hydrogen (secondary N) is 1. The molecular weight excluding hydrogens is 254 g/mol. The molecule has 1 N–H and O–H groups in total. The van der Waals surface area contributed by atoms with Crippen LogP contribution in [-0.2, 0) is 0 Å². The van der Waals surface area contributed by atoms with Crippen molar-refractivity contribution in [3.8, 4) is 0 Å². The Balaban J connectivity index is 2.30. The molecule has 15 heavy (non-hydrogen) atoms. The van der Waals surface area contributed by atoms with Crippen molar-refractivity contribution in [1.29, 1.82) is 0 Å². The van der Waals surface area contributed by atoms with Gasteiger partial charge in [-0.2, -0.15) is 0 Å². The second-order valence-corrected chi connectivity index (χ2v) is 4.01. The molecule has 0 fully saturated rings. The summed E-state index contributed by atoms with van der Waals surface area (Å²) >= 11 is 3.39. The van der Waals surface area contributed by atoms with Crippen molar-refractivity contribution in [1.82, 2.24) is 9.97 Å². The molecule has 0 spiro atoms. The third-order valence-electron chi connectivity index (χ3n) is 2.07. The van der Waals surface area contributed by atoms with Crippen LogP contribution in [0.2, 0.25) is 0 Å². The molecule has 2 aromatic rings. The first kappa shape index (κ1) is 10.1. The molecular formula is C11H10BrN3. The van der Waals surface area contributed by atoms with Gasteiger partial charge < -0.3 is 5.32 Å². The van der Waals surface area contributed by atoms with Gasteiger partial charge in [0.2, 0.25) is 0 Å². The molecule has 0 saturated carbocycles. The van der Waals surface area contributed by atoms with Crippen LogP contribution >= 0.6 is 15.9 Å². The summed E-state index contributed by atoms with van der Waals surface area (Å²) < 4.78 is 0.855. The zero-order valence-corrected chi connectivity index (χ0v) is 9.82. The molecule has 0 saturated heterocycles. The highest BCUT2D eigenvalue weighted by atomic mass is 79.9. The van der Waals surface area contributed by atoms with Crippen LogP contribution in [0.15, 0.2) is 41.3 Å². The molecule has 0 bridgehead atoms. The summed E-state index contributed by atoms with van der Waals surface area (Å²) in [4.78, 5) is 8.06. The third kappa shape index (κ3) is 2.33. The lowest BCUT2D eigenvalue weighted by Gasteiger charge is -2.08. The van der Waals surface area contributed by atoms with E-state index in [1.54, 1.807) is 6.20 Å². The van der Waals surface area contributed by atoms with Gasteiger partial charge >= 0.3 is 0 Å². The molecule has 0 radical (unpaired) electrons. The number of anilines is 2. The molecule has 3 nitrogen and oxygen atoms in total. The first-order valence-corrected chi connectivity index (χ1v) is 5.35. The number of aryl methyl sites for hydroxylation is 1. The van der Waals surface area contributed by atoms with Gasteiger partial charge in [0.15, 0.2) is 0 Å². The second kappa shape index (κ2) is 4.40. The van der Waals surface area contributed by atoms with E-state index >= 15 is 0 Å². The summed E-state index contributed by atoms with van der Waals surface area (Å²) in [5.41, 5.74) is 2.24. The fourth-order valence-corrected chi connectivity index (χ4v) is 1.57. The SMILES string of the molecule is Cc1ccccc1Nc1ncncc1Br. The van der Waals surface area contributed by atoms with Crippen molar-refractivity contribution >= 4 is 27.4 Å². The summed E-state index contributed by atoms with van der Waals surface area (Å²) in [6.45, 7) is 2.05. The molecule has 0 atom stereocenters. The second-order valence-electron chi connectivity index (χ2n) is 3.16. The Morgan fingerprint density at radius 1 is 1.27 bits per heavy atom. The van der Waals surface area contributed by atoms with E-state index in [2.05, 4.69) is 44.2 Å². The number of benzene rings is 1. The van der Waals surface area contributed by atoms with Gasteiger partial charge in [-0.1, -0.05) is 18.2 Å². The Morgan fingerprint density at radius 3 is 2.80 bits per heavy atom. The average molecular weight is 264 g/mol. The Kier molecular flexibility index (Phi) is 2.97. The molecule has 0 amide bonds. The maximum absolute atomic E-state index is 4.15. The molecule has 4 heteroatoms. The van der Waals surface area contributed by atoms with Gasteiger partial charge in [-0.3, -0.25) is 0 Å². The van der Waals surface area contributed by atoms with Crippen molar-refractivity contribution in [2.24, 2.45) is 0 Å². The van der Waals surface area contributed by atoms with Crippen LogP contribution < -0.4 is 5.32 Å². The fourth-order valence-electron chi connectivity index (χ4n) is 1.25. The highest BCUT2D eigenvalue weighted by molar-refractivity contribution is 9.10. The molecule has 76 valence electrons. The highest BCUT2D eigenvalue weighted by Crippen LogP contribution is 2.23. The summed E-state index contributed by atoms with van der Waals surface area (Å²) in [6.07, 6.45) is 3.24. The van der Waals surface area contributed by atoms with E-state index in [1.807, 2.05) is 18.2 Å². The number of aromatic nitrogens is 2. The molecule has 0 aliphatic rings. The first-order valence-electron chi connectivity index (χ1n) is 4.55. The third-order valence-corrected chi connectivity index (χ3v) is 2.65. The van der Waals surface area contributed by atoms with Crippen molar-refractivity contribution in [2.45, 2.75) is 6.92 Å². The minimum Gasteiger partial charge on any atom is -0.339 e. The van der Waals surface area contributed by atoms with Crippen LogP contribution in [0.25, 0.3) is 0 Å². The summed E-state index contributed by atoms with van der Waals surface area (Å²) in [6, 6.07) is 8.07. The lowest BCUT2D eigenvalue weighted by molar-refractivity contribution is 1.15. The maximum Gasteiger partial charge on any atom is 0.148 e. The predicted octanol–water partition coefficient (Wildman–Crippen LogP) is 3.29. The molecule has 0 unspecified atom stereocenters. The normalized spacial score (nSPS) is 10.0. The number of hydrogen-bond acceptors (Lipinski definition) is 3. The summed E-state index contributed by atoms with van der Waals surface area (Å²) in [7, 11) is 0. The minimum absolute atomic E-state index is 0.777. The quantitative estimate of drug-likeness (QED) is 0.904. The van der Waals surface area contributed by atoms with E-state index in [0.717, 1.165) is 16.0 Å². The van der Waals surface area contributed by atoms with Crippen LogP contribution in [0.4, 0.5) is 11.5 Å². The van der Waals surface area contributed by atoms with E-state index in [-0.39, 0.29) is 0 Å². The Hall–Kier alpha value is -1.42. The summed E-state index contributed by atoms with van der Waals surface area (Å²) in [5, 5.41) is 3.24. The summed E-state index contributed by atoms with van der Waals surface area (Å²) in [5.74, 6) is 0.777. The van der Waals surface area contributed by atoms with Gasteiger partial charge in [-0.15, -0.1) is 0 Å². The van der Waals surface area contributed by atoms with Crippen LogP contribution in [0, 0.1) is 6.92 Å². The zero-order valence-electron chi connectivity index (χ0n) is 8.24. The number of para-hydroxylation sites is 1. The maximum atomic E-state index is 4.15. The van der Waals surface area contributed by atoms with Crippen LogP contribution in [0.3, 0.4) is 0 Å². The molecule has 1 aromatic heterocycles. The van der Waals surface area contributed by atoms with E-state index < -0.39 is 0 Å². The Morgan fingerprint density at radius 2 is 2.07 bits per heavy atom. The van der Waals surface area contributed by atoms with Crippen LogP contribution in [0.5, 0.6) is 0 Å². The van der Waals surface area contributed by atoms with Gasteiger partial charge in [0.25, 0.3) is 0 Å². The van der Waals surface area contributed by atoms with Crippen LogP contribution in [0.1, 0.15) is 5.56 Å². The molecule has 1 heterocycles. The fraction of sp³-hybridized carbons (Fsp3) is 0.0909. The van der Waals surface area contributed by atoms with E-state index in [9.17, 15) is 0 Å². The standard InChI is InChI=1S/C11H10BrN3/c1-8-4-2-3-5-10(8)15-11-9(12)6-13-7-14-11/h2-7H,1H3,(H,13,14,15). The van der Waals surface area contributed by atoms with Gasteiger partial charge in [0, 0.05) is 11.9 Å². The monoisotopic (exact) mass is 263 g/mol. The van der Waals surface area contributed by atoms with Gasteiger partial charge in [-0.05, 0) is 34.5 Å². The predicted molar refractivity (Wildman–Crippen MR) is 64.2 cm³/mol. The lowest BCUT2D eigenvalue weighted by atomic mass is 10.2. The largest absolute Gasteiger partial charge is 0.339 e. The van der Waals surface area contributed by atoms with Gasteiger partial charge in [0.1, 0.15) is 12.1 Å². The van der Waals surface area contributed by atoms with E-state index in [4.69, 9.17) is 0 Å². The van der Waals surface area contributed by atoms with E-state index in [1.165, 1.54) is 11.9 Å². The molecule has 1 aromatic carbocycles. The van der Waals surface area contributed by atoms with Crippen molar-refractivity contribution < 1.29 is 0 Å². The molecule has 0 aliphatic carbocycles. The molecule has 0 aliphatic heterocycles. The zero-order chi connectivity index (χ0) is 10.7. The Bertz CT molecular complexity index is 427. The number of halogens is 1. The molecule has 2 rings (SSSR count). The van der Waals surface area contributed by atoms with E-state index in [0.29, 0.717) is 0 Å². The first-order chi connectivity index (χ1) is 7.27. The number of hydrogen-bond donors (Lipinski definition) is 1. The van der Waals surface area contributed by atoms with Crippen molar-refractivity contribution in [2.75, 3.05) is 5.32 Å². The number of rotatable bonds is 2. The number of nitrogens with zero attached hydrogens (tertiary/aromatic N) is 2. The van der Waals surface area contributed by atoms with Crippen molar-refractivity contribution in [3.63, 3.8) is 0 Å². The smallest absolute Gasteiger partial charge is 0.148 e. The van der Waals surface area contributed by atoms with Gasteiger partial charge in [-0.25, -0.2) is 9.97 Å². The topological polar surface area (TPSA) is 37.8 Å². The lowest BCUT2D eigenvalue weighted by Crippen LogP contribution is -1.96.